The molecule has 0 saturated heterocycles. The van der Waals surface area contributed by atoms with Gasteiger partial charge in [0.1, 0.15) is 0 Å². The zero-order chi connectivity index (χ0) is 13.3. The molecule has 2 aromatic carbocycles. The molecule has 3 heteroatoms. The van der Waals surface area contributed by atoms with Crippen molar-refractivity contribution >= 4 is 34.1 Å². The molecule has 0 aliphatic carbocycles. The van der Waals surface area contributed by atoms with Crippen LogP contribution >= 0.6 is 22.6 Å². The summed E-state index contributed by atoms with van der Waals surface area (Å²) >= 11 is 2.22. The van der Waals surface area contributed by atoms with Gasteiger partial charge in [-0.2, -0.15) is 0 Å². The van der Waals surface area contributed by atoms with Crippen LogP contribution in [0.15, 0.2) is 36.4 Å². The zero-order valence-corrected chi connectivity index (χ0v) is 12.5. The monoisotopic (exact) mass is 351 g/mol. The Labute approximate surface area is 120 Å². The van der Waals surface area contributed by atoms with E-state index in [4.69, 9.17) is 5.73 Å². The SMILES string of the molecule is Cc1cc(C)c(C(=O)c2ccc(I)cc2)cc1N. The average Bonchev–Trinajstić information content (AvgIpc) is 2.34. The number of nitrogen functional groups attached to an aromatic ring is 1. The van der Waals surface area contributed by atoms with Crippen molar-refractivity contribution in [2.24, 2.45) is 0 Å². The van der Waals surface area contributed by atoms with Crippen LogP contribution < -0.4 is 5.73 Å². The fourth-order valence-electron chi connectivity index (χ4n) is 1.87. The van der Waals surface area contributed by atoms with E-state index in [-0.39, 0.29) is 5.78 Å². The van der Waals surface area contributed by atoms with Gasteiger partial charge in [0.05, 0.1) is 0 Å². The van der Waals surface area contributed by atoms with Crippen LogP contribution in [0.25, 0.3) is 0 Å². The zero-order valence-electron chi connectivity index (χ0n) is 10.3. The van der Waals surface area contributed by atoms with Crippen LogP contribution in [0.1, 0.15) is 27.0 Å². The van der Waals surface area contributed by atoms with Gasteiger partial charge < -0.3 is 5.73 Å². The van der Waals surface area contributed by atoms with Gasteiger partial charge in [0.15, 0.2) is 5.78 Å². The Balaban J connectivity index is 2.46. The normalized spacial score (nSPS) is 10.4. The number of rotatable bonds is 2. The third kappa shape index (κ3) is 2.56. The average molecular weight is 351 g/mol. The van der Waals surface area contributed by atoms with Crippen LogP contribution in [-0.2, 0) is 0 Å². The van der Waals surface area contributed by atoms with E-state index in [0.717, 1.165) is 14.7 Å². The summed E-state index contributed by atoms with van der Waals surface area (Å²) in [6, 6.07) is 11.3. The topological polar surface area (TPSA) is 43.1 Å². The molecule has 92 valence electrons. The van der Waals surface area contributed by atoms with Gasteiger partial charge in [-0.1, -0.05) is 6.07 Å². The van der Waals surface area contributed by atoms with Crippen LogP contribution in [0.3, 0.4) is 0 Å². The summed E-state index contributed by atoms with van der Waals surface area (Å²) in [5.74, 6) is 0.0237. The van der Waals surface area contributed by atoms with Gasteiger partial charge in [-0.05, 0) is 77.9 Å². The van der Waals surface area contributed by atoms with E-state index in [9.17, 15) is 4.79 Å². The lowest BCUT2D eigenvalue weighted by molar-refractivity contribution is 0.103. The van der Waals surface area contributed by atoms with E-state index in [1.165, 1.54) is 0 Å². The van der Waals surface area contributed by atoms with Crippen LogP contribution in [0.5, 0.6) is 0 Å². The lowest BCUT2D eigenvalue weighted by Crippen LogP contribution is -2.05. The molecule has 18 heavy (non-hydrogen) atoms. The molecule has 0 atom stereocenters. The largest absolute Gasteiger partial charge is 0.398 e. The maximum atomic E-state index is 12.4. The Morgan fingerprint density at radius 2 is 1.67 bits per heavy atom. The molecule has 2 N–H and O–H groups in total. The number of anilines is 1. The van der Waals surface area contributed by atoms with Gasteiger partial charge >= 0.3 is 0 Å². The maximum Gasteiger partial charge on any atom is 0.193 e. The molecule has 2 aromatic rings. The van der Waals surface area contributed by atoms with Gasteiger partial charge in [-0.3, -0.25) is 4.79 Å². The van der Waals surface area contributed by atoms with Crippen LogP contribution in [0.4, 0.5) is 5.69 Å². The van der Waals surface area contributed by atoms with Gasteiger partial charge in [-0.25, -0.2) is 0 Å². The van der Waals surface area contributed by atoms with Crippen molar-refractivity contribution in [2.75, 3.05) is 5.73 Å². The van der Waals surface area contributed by atoms with Gasteiger partial charge in [0.2, 0.25) is 0 Å². The molecule has 0 aliphatic rings. The van der Waals surface area contributed by atoms with Crippen LogP contribution in [0.2, 0.25) is 0 Å². The van der Waals surface area contributed by atoms with Crippen molar-refractivity contribution in [3.63, 3.8) is 0 Å². The molecule has 0 saturated carbocycles. The molecular weight excluding hydrogens is 337 g/mol. The second kappa shape index (κ2) is 5.10. The molecule has 2 nitrogen and oxygen atoms in total. The molecule has 0 unspecified atom stereocenters. The first kappa shape index (κ1) is 13.1. The fourth-order valence-corrected chi connectivity index (χ4v) is 2.23. The smallest absolute Gasteiger partial charge is 0.193 e. The number of hydrogen-bond donors (Lipinski definition) is 1. The van der Waals surface area contributed by atoms with Gasteiger partial charge in [0, 0.05) is 20.4 Å². The van der Waals surface area contributed by atoms with E-state index in [0.29, 0.717) is 16.8 Å². The Bertz CT molecular complexity index is 603. The number of halogens is 1. The third-order valence-corrected chi connectivity index (χ3v) is 3.68. The number of carbonyl (C=O) groups is 1. The van der Waals surface area contributed by atoms with E-state index in [1.807, 2.05) is 44.2 Å². The Hall–Kier alpha value is -1.36. The Kier molecular flexibility index (Phi) is 3.71. The first-order valence-electron chi connectivity index (χ1n) is 5.66. The molecule has 0 amide bonds. The first-order chi connectivity index (χ1) is 8.49. The van der Waals surface area contributed by atoms with E-state index in [1.54, 1.807) is 6.07 Å². The lowest BCUT2D eigenvalue weighted by atomic mass is 9.96. The van der Waals surface area contributed by atoms with Crippen molar-refractivity contribution in [2.45, 2.75) is 13.8 Å². The lowest BCUT2D eigenvalue weighted by Gasteiger charge is -2.09. The van der Waals surface area contributed by atoms with Crippen molar-refractivity contribution in [1.29, 1.82) is 0 Å². The second-order valence-corrected chi connectivity index (χ2v) is 5.61. The third-order valence-electron chi connectivity index (χ3n) is 2.96. The number of benzene rings is 2. The summed E-state index contributed by atoms with van der Waals surface area (Å²) in [4.78, 5) is 12.4. The highest BCUT2D eigenvalue weighted by atomic mass is 127. The minimum atomic E-state index is 0.0237. The summed E-state index contributed by atoms with van der Waals surface area (Å²) in [5.41, 5.74) is 9.88. The minimum absolute atomic E-state index is 0.0237. The standard InChI is InChI=1S/C15H14INO/c1-9-7-10(2)14(17)8-13(9)15(18)11-3-5-12(16)6-4-11/h3-8H,17H2,1-2H3. The molecule has 0 bridgehead atoms. The highest BCUT2D eigenvalue weighted by Crippen LogP contribution is 2.21. The van der Waals surface area contributed by atoms with Gasteiger partial charge in [0.25, 0.3) is 0 Å². The Morgan fingerprint density at radius 3 is 2.28 bits per heavy atom. The van der Waals surface area contributed by atoms with Gasteiger partial charge in [-0.15, -0.1) is 0 Å². The summed E-state index contributed by atoms with van der Waals surface area (Å²) in [6.45, 7) is 3.88. The van der Waals surface area contributed by atoms with E-state index in [2.05, 4.69) is 22.6 Å². The van der Waals surface area contributed by atoms with Crippen molar-refractivity contribution in [3.05, 3.63) is 62.2 Å². The number of nitrogens with two attached hydrogens (primary N) is 1. The van der Waals surface area contributed by atoms with Crippen molar-refractivity contribution in [3.8, 4) is 0 Å². The molecule has 0 aromatic heterocycles. The maximum absolute atomic E-state index is 12.4. The first-order valence-corrected chi connectivity index (χ1v) is 6.74. The predicted molar refractivity (Wildman–Crippen MR) is 82.9 cm³/mol. The van der Waals surface area contributed by atoms with Crippen LogP contribution in [-0.4, -0.2) is 5.78 Å². The Morgan fingerprint density at radius 1 is 1.06 bits per heavy atom. The molecular formula is C15H14INO. The molecule has 2 rings (SSSR count). The van der Waals surface area contributed by atoms with Crippen LogP contribution in [0, 0.1) is 17.4 Å². The molecule has 0 fully saturated rings. The fraction of sp³-hybridized carbons (Fsp3) is 0.133. The summed E-state index contributed by atoms with van der Waals surface area (Å²) in [5, 5.41) is 0. The minimum Gasteiger partial charge on any atom is -0.398 e. The predicted octanol–water partition coefficient (Wildman–Crippen LogP) is 3.72. The number of aryl methyl sites for hydroxylation is 2. The highest BCUT2D eigenvalue weighted by Gasteiger charge is 2.13. The highest BCUT2D eigenvalue weighted by molar-refractivity contribution is 14.1. The summed E-state index contributed by atoms with van der Waals surface area (Å²) in [7, 11) is 0. The van der Waals surface area contributed by atoms with E-state index < -0.39 is 0 Å². The molecule has 0 spiro atoms. The molecule has 0 radical (unpaired) electrons. The summed E-state index contributed by atoms with van der Waals surface area (Å²) in [6.07, 6.45) is 0. The van der Waals surface area contributed by atoms with Crippen molar-refractivity contribution in [1.82, 2.24) is 0 Å². The van der Waals surface area contributed by atoms with Crippen molar-refractivity contribution < 1.29 is 4.79 Å². The second-order valence-electron chi connectivity index (χ2n) is 4.36. The van der Waals surface area contributed by atoms with E-state index >= 15 is 0 Å². The number of ketones is 1. The number of hydrogen-bond acceptors (Lipinski definition) is 2. The number of carbonyl (C=O) groups excluding carboxylic acids is 1. The summed E-state index contributed by atoms with van der Waals surface area (Å²) < 4.78 is 1.12. The molecule has 0 aliphatic heterocycles. The molecule has 0 heterocycles. The quantitative estimate of drug-likeness (QED) is 0.509.